The first-order valence-corrected chi connectivity index (χ1v) is 7.86. The highest BCUT2D eigenvalue weighted by Crippen LogP contribution is 2.36. The third-order valence-corrected chi connectivity index (χ3v) is 3.75. The van der Waals surface area contributed by atoms with E-state index in [2.05, 4.69) is 15.4 Å². The molecule has 8 heteroatoms. The number of nitrogens with zero attached hydrogens (tertiary/aromatic N) is 3. The third-order valence-electron chi connectivity index (χ3n) is 3.75. The highest BCUT2D eigenvalue weighted by atomic mass is 19.4. The predicted octanol–water partition coefficient (Wildman–Crippen LogP) is 3.59. The molecular weight excluding hydrogens is 333 g/mol. The molecule has 1 aromatic carbocycles. The molecule has 5 nitrogen and oxygen atoms in total. The van der Waals surface area contributed by atoms with E-state index in [1.54, 1.807) is 6.07 Å². The lowest BCUT2D eigenvalue weighted by Gasteiger charge is -2.32. The first kappa shape index (κ1) is 19.0. The van der Waals surface area contributed by atoms with Crippen LogP contribution in [0.1, 0.15) is 44.4 Å². The van der Waals surface area contributed by atoms with Gasteiger partial charge < -0.3 is 5.32 Å². The molecule has 0 aliphatic carbocycles. The first-order chi connectivity index (χ1) is 11.6. The minimum atomic E-state index is -4.42. The lowest BCUT2D eigenvalue weighted by molar-refractivity contribution is -0.137. The maximum Gasteiger partial charge on any atom is 0.416 e. The maximum atomic E-state index is 13.0. The molecule has 1 unspecified atom stereocenters. The molecule has 136 valence electrons. The number of alkyl halides is 3. The van der Waals surface area contributed by atoms with Gasteiger partial charge >= 0.3 is 6.18 Å². The van der Waals surface area contributed by atoms with Crippen molar-refractivity contribution in [2.45, 2.75) is 46.0 Å². The predicted molar refractivity (Wildman–Crippen MR) is 86.4 cm³/mol. The van der Waals surface area contributed by atoms with Gasteiger partial charge in [0.25, 0.3) is 0 Å². The van der Waals surface area contributed by atoms with Gasteiger partial charge in [0.1, 0.15) is 12.7 Å². The molecule has 0 bridgehead atoms. The van der Waals surface area contributed by atoms with Gasteiger partial charge in [0.05, 0.1) is 18.2 Å². The monoisotopic (exact) mass is 354 g/mol. The number of rotatable bonds is 5. The second-order valence-corrected chi connectivity index (χ2v) is 6.90. The number of carbonyl (C=O) groups excluding carboxylic acids is 1. The number of halogens is 3. The van der Waals surface area contributed by atoms with Crippen molar-refractivity contribution in [3.8, 4) is 0 Å². The summed E-state index contributed by atoms with van der Waals surface area (Å²) in [6.45, 7) is 5.96. The lowest BCUT2D eigenvalue weighted by atomic mass is 9.82. The molecule has 0 saturated carbocycles. The first-order valence-electron chi connectivity index (χ1n) is 7.86. The van der Waals surface area contributed by atoms with Crippen molar-refractivity contribution in [2.24, 2.45) is 5.41 Å². The number of aromatic nitrogens is 3. The number of hydrogen-bond acceptors (Lipinski definition) is 3. The van der Waals surface area contributed by atoms with E-state index in [4.69, 9.17) is 0 Å². The van der Waals surface area contributed by atoms with Gasteiger partial charge in [-0.25, -0.2) is 4.98 Å². The van der Waals surface area contributed by atoms with Gasteiger partial charge in [-0.3, -0.25) is 9.48 Å². The van der Waals surface area contributed by atoms with Crippen LogP contribution in [0.5, 0.6) is 0 Å². The summed E-state index contributed by atoms with van der Waals surface area (Å²) in [7, 11) is 0. The molecule has 1 aromatic heterocycles. The van der Waals surface area contributed by atoms with Crippen LogP contribution in [0.15, 0.2) is 36.9 Å². The molecule has 1 atom stereocenters. The van der Waals surface area contributed by atoms with Crippen LogP contribution in [0.2, 0.25) is 0 Å². The fourth-order valence-corrected chi connectivity index (χ4v) is 2.49. The van der Waals surface area contributed by atoms with Crippen molar-refractivity contribution in [3.05, 3.63) is 48.0 Å². The standard InChI is InChI=1S/C17H21F3N4O/c1-16(2,3)15(12-5-4-6-13(9-12)17(18,19)20)23-14(25)7-8-24-11-21-10-22-24/h4-6,9-11,15H,7-8H2,1-3H3,(H,23,25). The van der Waals surface area contributed by atoms with Crippen molar-refractivity contribution in [3.63, 3.8) is 0 Å². The third kappa shape index (κ3) is 5.30. The Balaban J connectivity index is 2.15. The van der Waals surface area contributed by atoms with Gasteiger partial charge in [0, 0.05) is 6.42 Å². The summed E-state index contributed by atoms with van der Waals surface area (Å²) >= 11 is 0. The van der Waals surface area contributed by atoms with E-state index in [1.165, 1.54) is 23.4 Å². The quantitative estimate of drug-likeness (QED) is 0.893. The van der Waals surface area contributed by atoms with E-state index in [0.717, 1.165) is 12.1 Å². The maximum absolute atomic E-state index is 13.0. The van der Waals surface area contributed by atoms with Crippen LogP contribution in [0.4, 0.5) is 13.2 Å². The van der Waals surface area contributed by atoms with E-state index < -0.39 is 23.2 Å². The van der Waals surface area contributed by atoms with E-state index in [9.17, 15) is 18.0 Å². The molecule has 2 aromatic rings. The van der Waals surface area contributed by atoms with E-state index in [1.807, 2.05) is 20.8 Å². The normalized spacial score (nSPS) is 13.5. The molecule has 0 fully saturated rings. The molecule has 1 N–H and O–H groups in total. The van der Waals surface area contributed by atoms with Crippen molar-refractivity contribution in [1.82, 2.24) is 20.1 Å². The Bertz CT molecular complexity index is 705. The summed E-state index contributed by atoms with van der Waals surface area (Å²) in [6.07, 6.45) is -1.38. The Morgan fingerprint density at radius 1 is 1.28 bits per heavy atom. The molecule has 0 aliphatic heterocycles. The average molecular weight is 354 g/mol. The molecule has 1 heterocycles. The second kappa shape index (κ2) is 7.25. The van der Waals surface area contributed by atoms with Crippen molar-refractivity contribution in [1.29, 1.82) is 0 Å². The Morgan fingerprint density at radius 2 is 2.00 bits per heavy atom. The Morgan fingerprint density at radius 3 is 2.56 bits per heavy atom. The van der Waals surface area contributed by atoms with Crippen molar-refractivity contribution >= 4 is 5.91 Å². The summed E-state index contributed by atoms with van der Waals surface area (Å²) in [4.78, 5) is 16.0. The minimum Gasteiger partial charge on any atom is -0.349 e. The molecule has 2 rings (SSSR count). The number of benzene rings is 1. The van der Waals surface area contributed by atoms with Gasteiger partial charge in [0.2, 0.25) is 5.91 Å². The largest absolute Gasteiger partial charge is 0.416 e. The summed E-state index contributed by atoms with van der Waals surface area (Å²) in [5, 5.41) is 6.76. The number of amides is 1. The molecular formula is C17H21F3N4O. The van der Waals surface area contributed by atoms with Crippen LogP contribution in [0.25, 0.3) is 0 Å². The summed E-state index contributed by atoms with van der Waals surface area (Å²) in [5.41, 5.74) is -0.750. The highest BCUT2D eigenvalue weighted by molar-refractivity contribution is 5.76. The van der Waals surface area contributed by atoms with Gasteiger partial charge in [-0.1, -0.05) is 32.9 Å². The Hall–Kier alpha value is -2.38. The van der Waals surface area contributed by atoms with Crippen LogP contribution in [-0.2, 0) is 17.5 Å². The molecule has 0 radical (unpaired) electrons. The number of carbonyl (C=O) groups is 1. The summed E-state index contributed by atoms with van der Waals surface area (Å²) in [6, 6.07) is 4.53. The Kier molecular flexibility index (Phi) is 5.49. The molecule has 0 spiro atoms. The minimum absolute atomic E-state index is 0.162. The SMILES string of the molecule is CC(C)(C)C(NC(=O)CCn1cncn1)c1cccc(C(F)(F)F)c1. The van der Waals surface area contributed by atoms with Crippen LogP contribution in [0.3, 0.4) is 0 Å². The van der Waals surface area contributed by atoms with Gasteiger partial charge in [-0.2, -0.15) is 18.3 Å². The summed E-state index contributed by atoms with van der Waals surface area (Å²) in [5.74, 6) is -0.257. The van der Waals surface area contributed by atoms with Gasteiger partial charge in [-0.05, 0) is 23.1 Å². The second-order valence-electron chi connectivity index (χ2n) is 6.90. The smallest absolute Gasteiger partial charge is 0.349 e. The fourth-order valence-electron chi connectivity index (χ4n) is 2.49. The van der Waals surface area contributed by atoms with Crippen LogP contribution in [-0.4, -0.2) is 20.7 Å². The number of hydrogen-bond donors (Lipinski definition) is 1. The molecule has 0 aliphatic rings. The van der Waals surface area contributed by atoms with Gasteiger partial charge in [-0.15, -0.1) is 0 Å². The highest BCUT2D eigenvalue weighted by Gasteiger charge is 2.33. The van der Waals surface area contributed by atoms with Crippen molar-refractivity contribution < 1.29 is 18.0 Å². The molecule has 0 saturated heterocycles. The Labute approximate surface area is 144 Å². The van der Waals surface area contributed by atoms with E-state index in [0.29, 0.717) is 12.1 Å². The lowest BCUT2D eigenvalue weighted by Crippen LogP contribution is -2.37. The van der Waals surface area contributed by atoms with Gasteiger partial charge in [0.15, 0.2) is 0 Å². The zero-order valence-corrected chi connectivity index (χ0v) is 14.3. The van der Waals surface area contributed by atoms with Crippen molar-refractivity contribution in [2.75, 3.05) is 0 Å². The number of nitrogens with one attached hydrogen (secondary N) is 1. The topological polar surface area (TPSA) is 59.8 Å². The number of aryl methyl sites for hydroxylation is 1. The van der Waals surface area contributed by atoms with E-state index >= 15 is 0 Å². The zero-order valence-electron chi connectivity index (χ0n) is 14.3. The fraction of sp³-hybridized carbons (Fsp3) is 0.471. The average Bonchev–Trinajstić information content (AvgIpc) is 3.02. The molecule has 1 amide bonds. The van der Waals surface area contributed by atoms with E-state index in [-0.39, 0.29) is 12.3 Å². The zero-order chi connectivity index (χ0) is 18.7. The summed E-state index contributed by atoms with van der Waals surface area (Å²) < 4.78 is 40.4. The van der Waals surface area contributed by atoms with Crippen LogP contribution in [0, 0.1) is 5.41 Å². The molecule has 25 heavy (non-hydrogen) atoms. The van der Waals surface area contributed by atoms with Crippen LogP contribution < -0.4 is 5.32 Å². The van der Waals surface area contributed by atoms with Crippen LogP contribution >= 0.6 is 0 Å².